The van der Waals surface area contributed by atoms with Gasteiger partial charge >= 0.3 is 5.97 Å². The number of nitrogens with zero attached hydrogens (tertiary/aromatic N) is 2. The normalized spacial score (nSPS) is 16.1. The van der Waals surface area contributed by atoms with E-state index in [4.69, 9.17) is 13.9 Å². The number of esters is 1. The molecule has 1 atom stereocenters. The fourth-order valence-corrected chi connectivity index (χ4v) is 2.77. The summed E-state index contributed by atoms with van der Waals surface area (Å²) in [6, 6.07) is 10.6. The second kappa shape index (κ2) is 8.50. The molecule has 0 saturated heterocycles. The van der Waals surface area contributed by atoms with Gasteiger partial charge in [-0.2, -0.15) is 5.10 Å². The van der Waals surface area contributed by atoms with Crippen LogP contribution in [0.3, 0.4) is 0 Å². The zero-order valence-corrected chi connectivity index (χ0v) is 15.1. The van der Waals surface area contributed by atoms with Crippen LogP contribution in [0, 0.1) is 0 Å². The molecular formula is C19H20N2O6. The number of carbonyl (C=O) groups is 2. The van der Waals surface area contributed by atoms with Crippen LogP contribution in [0.25, 0.3) is 0 Å². The molecule has 1 aliphatic heterocycles. The van der Waals surface area contributed by atoms with Gasteiger partial charge < -0.3 is 18.6 Å². The Hall–Kier alpha value is -3.13. The quantitative estimate of drug-likeness (QED) is 0.692. The molecule has 2 heterocycles. The van der Waals surface area contributed by atoms with Crippen molar-refractivity contribution in [3.05, 3.63) is 54.0 Å². The smallest absolute Gasteiger partial charge is 0.332 e. The molecule has 0 N–H and O–H groups in total. The number of furan rings is 1. The van der Waals surface area contributed by atoms with Crippen LogP contribution in [0.2, 0.25) is 0 Å². The molecule has 1 aromatic heterocycles. The van der Waals surface area contributed by atoms with Gasteiger partial charge in [0, 0.05) is 13.5 Å². The molecule has 142 valence electrons. The topological polar surface area (TPSA) is 90.6 Å². The second-order valence-corrected chi connectivity index (χ2v) is 5.84. The van der Waals surface area contributed by atoms with E-state index in [0.717, 1.165) is 17.0 Å². The Labute approximate surface area is 156 Å². The first kappa shape index (κ1) is 18.7. The first-order chi connectivity index (χ1) is 13.1. The lowest BCUT2D eigenvalue weighted by Gasteiger charge is -2.19. The van der Waals surface area contributed by atoms with Gasteiger partial charge in [0.25, 0.3) is 5.91 Å². The molecule has 8 heteroatoms. The van der Waals surface area contributed by atoms with Gasteiger partial charge in [0.2, 0.25) is 0 Å². The minimum atomic E-state index is -0.612. The predicted molar refractivity (Wildman–Crippen MR) is 95.3 cm³/mol. The van der Waals surface area contributed by atoms with Gasteiger partial charge in [-0.25, -0.2) is 9.80 Å². The van der Waals surface area contributed by atoms with Gasteiger partial charge in [0.1, 0.15) is 24.2 Å². The van der Waals surface area contributed by atoms with Crippen molar-refractivity contribution in [3.8, 4) is 5.75 Å². The maximum absolute atomic E-state index is 12.6. The minimum Gasteiger partial charge on any atom is -0.497 e. The fraction of sp³-hybridized carbons (Fsp3) is 0.316. The summed E-state index contributed by atoms with van der Waals surface area (Å²) in [5, 5.41) is 5.76. The summed E-state index contributed by atoms with van der Waals surface area (Å²) in [4.78, 5) is 24.0. The molecule has 3 rings (SSSR count). The van der Waals surface area contributed by atoms with Crippen LogP contribution in [0.1, 0.15) is 23.8 Å². The van der Waals surface area contributed by atoms with E-state index in [1.54, 1.807) is 25.5 Å². The Morgan fingerprint density at radius 2 is 1.96 bits per heavy atom. The van der Waals surface area contributed by atoms with Crippen molar-refractivity contribution >= 4 is 17.6 Å². The van der Waals surface area contributed by atoms with Gasteiger partial charge in [-0.15, -0.1) is 0 Å². The van der Waals surface area contributed by atoms with Crippen LogP contribution in [-0.2, 0) is 19.1 Å². The van der Waals surface area contributed by atoms with E-state index >= 15 is 0 Å². The van der Waals surface area contributed by atoms with Gasteiger partial charge in [-0.05, 0) is 42.0 Å². The molecule has 0 aliphatic carbocycles. The SMILES string of the molecule is COCC(=O)OCC(=O)N1N=C(c2ccc(OC)cc2)C[C@H]1c1ccco1. The first-order valence-corrected chi connectivity index (χ1v) is 8.34. The number of hydrogen-bond acceptors (Lipinski definition) is 7. The Morgan fingerprint density at radius 3 is 2.59 bits per heavy atom. The van der Waals surface area contributed by atoms with E-state index in [0.29, 0.717) is 12.2 Å². The highest BCUT2D eigenvalue weighted by Crippen LogP contribution is 2.33. The monoisotopic (exact) mass is 372 g/mol. The van der Waals surface area contributed by atoms with Crippen LogP contribution in [-0.4, -0.2) is 50.0 Å². The molecule has 0 bridgehead atoms. The maximum atomic E-state index is 12.6. The lowest BCUT2D eigenvalue weighted by atomic mass is 10.0. The number of benzene rings is 1. The van der Waals surface area contributed by atoms with Crippen molar-refractivity contribution in [1.29, 1.82) is 0 Å². The highest BCUT2D eigenvalue weighted by atomic mass is 16.6. The number of hydrogen-bond donors (Lipinski definition) is 0. The van der Waals surface area contributed by atoms with E-state index in [1.807, 2.05) is 24.3 Å². The molecule has 0 unspecified atom stereocenters. The summed E-state index contributed by atoms with van der Waals surface area (Å²) >= 11 is 0. The van der Waals surface area contributed by atoms with E-state index in [9.17, 15) is 9.59 Å². The van der Waals surface area contributed by atoms with E-state index in [1.165, 1.54) is 12.1 Å². The van der Waals surface area contributed by atoms with Crippen LogP contribution in [0.5, 0.6) is 5.75 Å². The molecule has 27 heavy (non-hydrogen) atoms. The number of rotatable bonds is 7. The second-order valence-electron chi connectivity index (χ2n) is 5.84. The first-order valence-electron chi connectivity index (χ1n) is 8.34. The third-order valence-electron chi connectivity index (χ3n) is 4.08. The standard InChI is InChI=1S/C19H20N2O6/c1-24-12-19(23)27-11-18(22)21-16(17-4-3-9-26-17)10-15(20-21)13-5-7-14(25-2)8-6-13/h3-9,16H,10-12H2,1-2H3/t16-/m0/s1. The lowest BCUT2D eigenvalue weighted by Crippen LogP contribution is -2.31. The Morgan fingerprint density at radius 1 is 1.19 bits per heavy atom. The van der Waals surface area contributed by atoms with Crippen LogP contribution >= 0.6 is 0 Å². The van der Waals surface area contributed by atoms with Crippen molar-refractivity contribution in [3.63, 3.8) is 0 Å². The molecule has 0 saturated carbocycles. The molecule has 1 aliphatic rings. The zero-order valence-electron chi connectivity index (χ0n) is 15.1. The van der Waals surface area contributed by atoms with Crippen molar-refractivity contribution in [2.24, 2.45) is 5.10 Å². The number of hydrazone groups is 1. The lowest BCUT2D eigenvalue weighted by molar-refractivity contribution is -0.155. The molecule has 0 fully saturated rings. The van der Waals surface area contributed by atoms with Crippen LogP contribution in [0.4, 0.5) is 0 Å². The molecule has 2 aromatic rings. The highest BCUT2D eigenvalue weighted by molar-refractivity contribution is 6.03. The summed E-state index contributed by atoms with van der Waals surface area (Å²) in [5.41, 5.74) is 1.61. The van der Waals surface area contributed by atoms with Gasteiger partial charge in [-0.1, -0.05) is 0 Å². The van der Waals surface area contributed by atoms with Crippen molar-refractivity contribution < 1.29 is 28.2 Å². The Balaban J connectivity index is 1.79. The highest BCUT2D eigenvalue weighted by Gasteiger charge is 2.35. The van der Waals surface area contributed by atoms with Crippen molar-refractivity contribution in [2.75, 3.05) is 27.4 Å². The minimum absolute atomic E-state index is 0.213. The molecule has 1 amide bonds. The number of ether oxygens (including phenoxy) is 3. The average molecular weight is 372 g/mol. The summed E-state index contributed by atoms with van der Waals surface area (Å²) < 4.78 is 20.2. The van der Waals surface area contributed by atoms with Crippen LogP contribution in [0.15, 0.2) is 52.2 Å². The van der Waals surface area contributed by atoms with E-state index in [-0.39, 0.29) is 6.61 Å². The van der Waals surface area contributed by atoms with Gasteiger partial charge in [-0.3, -0.25) is 4.79 Å². The molecule has 0 spiro atoms. The summed E-state index contributed by atoms with van der Waals surface area (Å²) in [6.07, 6.45) is 2.03. The largest absolute Gasteiger partial charge is 0.497 e. The predicted octanol–water partition coefficient (Wildman–Crippen LogP) is 2.16. The maximum Gasteiger partial charge on any atom is 0.332 e. The zero-order chi connectivity index (χ0) is 19.2. The molecular weight excluding hydrogens is 352 g/mol. The summed E-state index contributed by atoms with van der Waals surface area (Å²) in [5.74, 6) is 0.292. The Bertz CT molecular complexity index is 813. The molecule has 1 aromatic carbocycles. The van der Waals surface area contributed by atoms with Crippen molar-refractivity contribution in [2.45, 2.75) is 12.5 Å². The third-order valence-corrected chi connectivity index (χ3v) is 4.08. The van der Waals surface area contributed by atoms with Gasteiger partial charge in [0.15, 0.2) is 6.61 Å². The van der Waals surface area contributed by atoms with Gasteiger partial charge in [0.05, 0.1) is 19.1 Å². The molecule has 0 radical (unpaired) electrons. The van der Waals surface area contributed by atoms with Crippen LogP contribution < -0.4 is 4.74 Å². The third kappa shape index (κ3) is 4.35. The van der Waals surface area contributed by atoms with E-state index < -0.39 is 24.5 Å². The number of amides is 1. The number of carbonyl (C=O) groups excluding carboxylic acids is 2. The summed E-state index contributed by atoms with van der Waals surface area (Å²) in [6.45, 7) is -0.631. The Kier molecular flexibility index (Phi) is 5.87. The van der Waals surface area contributed by atoms with E-state index in [2.05, 4.69) is 9.84 Å². The molecule has 8 nitrogen and oxygen atoms in total. The average Bonchev–Trinajstić information content (AvgIpc) is 3.36. The number of methoxy groups -OCH3 is 2. The summed E-state index contributed by atoms with van der Waals surface area (Å²) in [7, 11) is 2.97. The fourth-order valence-electron chi connectivity index (χ4n) is 2.77. The van der Waals surface area contributed by atoms with Crippen molar-refractivity contribution in [1.82, 2.24) is 5.01 Å².